The third kappa shape index (κ3) is 15.9. The maximum absolute atomic E-state index is 13.9. The number of ketones is 1. The second kappa shape index (κ2) is 29.1. The molecule has 0 aromatic carbocycles. The first-order valence-electron chi connectivity index (χ1n) is 33.3. The van der Waals surface area contributed by atoms with E-state index >= 15 is 0 Å². The number of piperidine rings is 3. The zero-order chi connectivity index (χ0) is 72.7. The Kier molecular flexibility index (Phi) is 20.2. The van der Waals surface area contributed by atoms with Gasteiger partial charge in [0.1, 0.15) is 45.2 Å². The molecule has 9 aromatic heterocycles. The van der Waals surface area contributed by atoms with Crippen LogP contribution in [0.4, 0.5) is 57.4 Å². The quantitative estimate of drug-likeness (QED) is 0.0498. The summed E-state index contributed by atoms with van der Waals surface area (Å²) in [4.78, 5) is 59.3. The number of nitrogens with one attached hydrogen (secondary N) is 6. The first-order valence-corrected chi connectivity index (χ1v) is 34.2. The Bertz CT molecular complexity index is 4710. The van der Waals surface area contributed by atoms with E-state index in [0.717, 1.165) is 47.6 Å². The number of thiazole rings is 1. The molecule has 15 rings (SSSR count). The van der Waals surface area contributed by atoms with Crippen LogP contribution in [0.25, 0.3) is 44.4 Å². The molecule has 0 amide bonds. The van der Waals surface area contributed by atoms with Gasteiger partial charge in [-0.15, -0.1) is 11.3 Å². The first kappa shape index (κ1) is 71.6. The molecule has 538 valence electrons. The van der Waals surface area contributed by atoms with Crippen molar-refractivity contribution in [1.29, 1.82) is 0 Å². The minimum absolute atomic E-state index is 0.0403. The fourth-order valence-corrected chi connectivity index (χ4v) is 13.9. The molecule has 103 heavy (non-hydrogen) atoms. The van der Waals surface area contributed by atoms with E-state index in [1.165, 1.54) is 17.6 Å². The molecule has 4 aliphatic heterocycles. The number of alkyl halides is 9. The summed E-state index contributed by atoms with van der Waals surface area (Å²) in [5, 5.41) is 39.3. The summed E-state index contributed by atoms with van der Waals surface area (Å²) in [6.45, 7) is 14.5. The first-order chi connectivity index (χ1) is 49.1. The van der Waals surface area contributed by atoms with Gasteiger partial charge >= 0.3 is 18.5 Å². The molecular weight excluding hydrogens is 1370 g/mol. The Morgan fingerprint density at radius 3 is 1.72 bits per heavy atom. The lowest BCUT2D eigenvalue weighted by Crippen LogP contribution is -2.50. The number of anilines is 3. The lowest BCUT2D eigenvalue weighted by Gasteiger charge is -2.36. The number of aromatic nitrogens is 12. The fourth-order valence-electron chi connectivity index (χ4n) is 13.3. The molecule has 0 unspecified atom stereocenters. The molecule has 9 aromatic rings. The summed E-state index contributed by atoms with van der Waals surface area (Å²) in [5.74, 6) is 0.968. The van der Waals surface area contributed by atoms with Gasteiger partial charge in [-0.2, -0.15) is 39.5 Å². The molecule has 0 radical (unpaired) electrons. The van der Waals surface area contributed by atoms with Crippen molar-refractivity contribution >= 4 is 51.8 Å². The number of hydrogen-bond acceptors (Lipinski definition) is 24. The van der Waals surface area contributed by atoms with Gasteiger partial charge in [0.25, 0.3) is 0 Å². The van der Waals surface area contributed by atoms with Gasteiger partial charge in [0.05, 0.1) is 86.4 Å². The smallest absolute Gasteiger partial charge is 0.392 e. The molecular formula is C70H70F9N19O4S. The van der Waals surface area contributed by atoms with Crippen LogP contribution in [-0.4, -0.2) is 139 Å². The predicted octanol–water partition coefficient (Wildman–Crippen LogP) is 11.8. The predicted molar refractivity (Wildman–Crippen MR) is 364 cm³/mol. The lowest BCUT2D eigenvalue weighted by molar-refractivity contribution is -0.139. The molecule has 23 nitrogen and oxygen atoms in total. The van der Waals surface area contributed by atoms with Crippen molar-refractivity contribution in [1.82, 2.24) is 76.1 Å². The molecule has 5 atom stereocenters. The number of hydrogen-bond donors (Lipinski definition) is 7. The molecule has 7 N–H and O–H groups in total. The van der Waals surface area contributed by atoms with Crippen LogP contribution in [0, 0.1) is 26.7 Å². The van der Waals surface area contributed by atoms with Gasteiger partial charge in [0.2, 0.25) is 17.8 Å². The number of nitrogens with zero attached hydrogens (tertiary/aromatic N) is 13. The molecule has 2 aliphatic carbocycles. The van der Waals surface area contributed by atoms with Crippen molar-refractivity contribution < 1.29 is 58.5 Å². The van der Waals surface area contributed by atoms with Crippen LogP contribution >= 0.6 is 11.3 Å². The van der Waals surface area contributed by atoms with Crippen LogP contribution in [0.1, 0.15) is 138 Å². The van der Waals surface area contributed by atoms with Crippen LogP contribution in [0.5, 0.6) is 0 Å². The number of aliphatic hydroxyl groups excluding tert-OH is 1. The summed E-state index contributed by atoms with van der Waals surface area (Å²) < 4.78 is 135. The maximum Gasteiger partial charge on any atom is 0.420 e. The number of β-amino-alcohol motifs (C(OH)–C–C–N with tert-alkyl or cyclic N) is 1. The molecule has 13 heterocycles. The largest absolute Gasteiger partial charge is 0.420 e. The van der Waals surface area contributed by atoms with E-state index in [0.29, 0.717) is 144 Å². The number of rotatable bonds is 14. The maximum atomic E-state index is 13.9. The van der Waals surface area contributed by atoms with Gasteiger partial charge < -0.3 is 46.1 Å². The monoisotopic (exact) mass is 1440 g/mol. The zero-order valence-electron chi connectivity index (χ0n) is 56.5. The van der Waals surface area contributed by atoms with Gasteiger partial charge in [-0.1, -0.05) is 41.5 Å². The Morgan fingerprint density at radius 2 is 1.17 bits per heavy atom. The number of Topliss-reactive ketones (excluding diaryl/α,β-unsaturated/α-hetero) is 1. The lowest BCUT2D eigenvalue weighted by atomic mass is 9.91. The standard InChI is InChI=1S/C24H23F3N6OS.C24H25F3N6O.C22H22F3N7O2/c1-2-20(34)13-9-14(11-28-10-13)31-23-30-12-17(24(25,26)27)21(33-23)16-4-5-18-15(16)3-6-19(32-18)22-29-7-8-35-22;1-13-17(12-34-33-13)20-6-4-15-16(5-7-19(15)31-20)21-18(24(25,26)27)11-28-22(32-21)30-14-8-9-23(2,3)29-10-14;1-10-18(11(2)34-32-10)16-4-3-14-17(30-16)9-27-19(14)20-15(22(23,24)25)8-28-21(31-20)29-12-5-13(33)7-26-6-12/h3-4,6-8,12-14,28H,2,5,9-11H2,1H3,(H,30,31,33);4-6,11-12,14,29H,7-10H2,1-3H3,(H,28,30,32);3-4,8,12-13,26,33H,5-7,9H2,1-2H3,(H,28,29,31)/t13-,14+;14-;12-,13+/m100/s1. The highest BCUT2D eigenvalue weighted by molar-refractivity contribution is 7.13. The molecule has 3 fully saturated rings. The molecule has 33 heteroatoms. The average Bonchev–Trinajstić information content (AvgIpc) is 1.69. The third-order valence-corrected chi connectivity index (χ3v) is 19.3. The van der Waals surface area contributed by atoms with E-state index in [1.54, 1.807) is 68.6 Å². The van der Waals surface area contributed by atoms with E-state index in [9.17, 15) is 49.4 Å². The van der Waals surface area contributed by atoms with Crippen molar-refractivity contribution in [3.8, 4) is 33.2 Å². The number of pyridine rings is 3. The SMILES string of the molecule is CCC(=O)[C@H]1CNC[C@@H](Nc2ncc(C(F)(F)F)c(C3=CCc4nc(-c5nccs5)ccc43)n2)C1.Cc1noc(C)c1-c1ccc2c(n1)CN=C2c1nc(N[C@@H]2CNC[C@H](O)C2)ncc1C(F)(F)F.Cc1nocc1-c1ccc2c(n1)CC=C2c1nc(N[C@H]2CCC(C)(C)NC2)ncc1C(F)(F)F. The van der Waals surface area contributed by atoms with Gasteiger partial charge in [0.15, 0.2) is 0 Å². The van der Waals surface area contributed by atoms with Gasteiger partial charge in [-0.25, -0.2) is 44.9 Å². The second-order valence-corrected chi connectivity index (χ2v) is 27.3. The number of carbonyl (C=O) groups is 1. The minimum Gasteiger partial charge on any atom is -0.392 e. The van der Waals surface area contributed by atoms with Gasteiger partial charge in [-0.3, -0.25) is 14.8 Å². The Labute approximate surface area is 587 Å². The number of allylic oxidation sites excluding steroid dienone is 2. The average molecular weight is 1440 g/mol. The zero-order valence-corrected chi connectivity index (χ0v) is 57.3. The number of halogens is 9. The van der Waals surface area contributed by atoms with Gasteiger partial charge in [-0.05, 0) is 84.6 Å². The van der Waals surface area contributed by atoms with Crippen molar-refractivity contribution in [3.63, 3.8) is 0 Å². The van der Waals surface area contributed by atoms with E-state index in [2.05, 4.69) is 111 Å². The van der Waals surface area contributed by atoms with Crippen molar-refractivity contribution in [2.24, 2.45) is 10.9 Å². The number of fused-ring (bicyclic) bond motifs is 3. The van der Waals surface area contributed by atoms with E-state index in [1.807, 2.05) is 19.2 Å². The highest BCUT2D eigenvalue weighted by atomic mass is 32.1. The highest BCUT2D eigenvalue weighted by Crippen LogP contribution is 2.43. The minimum atomic E-state index is -4.66. The van der Waals surface area contributed by atoms with Crippen molar-refractivity contribution in [2.75, 3.05) is 48.7 Å². The Morgan fingerprint density at radius 1 is 0.621 bits per heavy atom. The highest BCUT2D eigenvalue weighted by Gasteiger charge is 2.42. The van der Waals surface area contributed by atoms with Crippen LogP contribution in [0.15, 0.2) is 99.0 Å². The van der Waals surface area contributed by atoms with Crippen LogP contribution in [0.2, 0.25) is 0 Å². The van der Waals surface area contributed by atoms with Gasteiger partial charge in [0, 0.05) is 140 Å². The van der Waals surface area contributed by atoms with E-state index < -0.39 is 41.3 Å². The summed E-state index contributed by atoms with van der Waals surface area (Å²) in [5.41, 5.74) is 6.14. The number of aliphatic imine (C=N–C) groups is 1. The molecule has 0 saturated carbocycles. The number of aryl methyl sites for hydroxylation is 3. The van der Waals surface area contributed by atoms with Crippen molar-refractivity contribution in [2.45, 2.75) is 141 Å². The van der Waals surface area contributed by atoms with E-state index in [-0.39, 0.29) is 82.5 Å². The normalized spacial score (nSPS) is 19.9. The number of aliphatic hydroxyl groups is 1. The molecule has 0 spiro atoms. The summed E-state index contributed by atoms with van der Waals surface area (Å²) in [6, 6.07) is 10.2. The Hall–Kier alpha value is -9.83. The molecule has 0 bridgehead atoms. The van der Waals surface area contributed by atoms with E-state index in [4.69, 9.17) is 9.05 Å². The fraction of sp³-hybridized carbons (Fsp3) is 0.400. The summed E-state index contributed by atoms with van der Waals surface area (Å²) >= 11 is 1.45. The van der Waals surface area contributed by atoms with Crippen molar-refractivity contribution in [3.05, 3.63) is 170 Å². The van der Waals surface area contributed by atoms with Crippen LogP contribution in [-0.2, 0) is 42.7 Å². The van der Waals surface area contributed by atoms with Crippen LogP contribution in [0.3, 0.4) is 0 Å². The molecule has 3 saturated heterocycles. The molecule has 6 aliphatic rings. The topological polar surface area (TPSA) is 303 Å². The second-order valence-electron chi connectivity index (χ2n) is 26.4. The van der Waals surface area contributed by atoms with Crippen LogP contribution < -0.4 is 31.9 Å². The summed E-state index contributed by atoms with van der Waals surface area (Å²) in [6.07, 6.45) is -1.19. The Balaban J connectivity index is 0.000000138. The third-order valence-electron chi connectivity index (χ3n) is 18.6. The number of carbonyl (C=O) groups excluding carboxylic acids is 1. The summed E-state index contributed by atoms with van der Waals surface area (Å²) in [7, 11) is 0.